The molecular formula is C12H13FN4S. The van der Waals surface area contributed by atoms with Gasteiger partial charge in [0, 0.05) is 12.0 Å². The van der Waals surface area contributed by atoms with Crippen molar-refractivity contribution in [3.05, 3.63) is 46.2 Å². The van der Waals surface area contributed by atoms with Crippen LogP contribution >= 0.6 is 12.2 Å². The van der Waals surface area contributed by atoms with Gasteiger partial charge in [-0.05, 0) is 25.2 Å². The monoisotopic (exact) mass is 264 g/mol. The standard InChI is InChI=1S/C12H13FN4S/c1-3-11-14-15-12(18)17(11)16-8(2)9-6-4-5-7-10(9)13/h4-7H,3H2,1-2H3,(H,15,18). The number of nitrogens with one attached hydrogen (secondary N) is 1. The molecule has 0 unspecified atom stereocenters. The Hall–Kier alpha value is -1.82. The van der Waals surface area contributed by atoms with Gasteiger partial charge in [0.2, 0.25) is 4.77 Å². The number of hydrogen-bond donors (Lipinski definition) is 1. The number of hydrogen-bond acceptors (Lipinski definition) is 3. The Morgan fingerprint density at radius 3 is 2.89 bits per heavy atom. The number of H-pyrrole nitrogens is 1. The van der Waals surface area contributed by atoms with Crippen LogP contribution in [0.5, 0.6) is 0 Å². The van der Waals surface area contributed by atoms with E-state index in [2.05, 4.69) is 15.3 Å². The summed E-state index contributed by atoms with van der Waals surface area (Å²) in [7, 11) is 0. The first-order valence-electron chi connectivity index (χ1n) is 5.60. The maximum absolute atomic E-state index is 13.6. The molecule has 1 aromatic carbocycles. The van der Waals surface area contributed by atoms with Gasteiger partial charge in [-0.1, -0.05) is 25.1 Å². The molecule has 2 rings (SSSR count). The first kappa shape index (κ1) is 12.6. The number of aromatic nitrogens is 3. The molecular weight excluding hydrogens is 251 g/mol. The fourth-order valence-corrected chi connectivity index (χ4v) is 1.81. The van der Waals surface area contributed by atoms with Crippen molar-refractivity contribution in [3.8, 4) is 0 Å². The summed E-state index contributed by atoms with van der Waals surface area (Å²) in [6.45, 7) is 3.70. The van der Waals surface area contributed by atoms with Gasteiger partial charge in [-0.15, -0.1) is 0 Å². The number of aryl methyl sites for hydroxylation is 1. The van der Waals surface area contributed by atoms with Crippen LogP contribution in [0.3, 0.4) is 0 Å². The smallest absolute Gasteiger partial charge is 0.216 e. The Morgan fingerprint density at radius 1 is 1.50 bits per heavy atom. The largest absolute Gasteiger partial charge is 0.250 e. The summed E-state index contributed by atoms with van der Waals surface area (Å²) in [6.07, 6.45) is 0.696. The fourth-order valence-electron chi connectivity index (χ4n) is 1.61. The van der Waals surface area contributed by atoms with Gasteiger partial charge in [-0.2, -0.15) is 14.9 Å². The lowest BCUT2D eigenvalue weighted by atomic mass is 10.1. The van der Waals surface area contributed by atoms with Crippen molar-refractivity contribution >= 4 is 17.9 Å². The lowest BCUT2D eigenvalue weighted by molar-refractivity contribution is 0.624. The summed E-state index contributed by atoms with van der Waals surface area (Å²) >= 11 is 5.08. The van der Waals surface area contributed by atoms with E-state index in [9.17, 15) is 4.39 Å². The second-order valence-electron chi connectivity index (χ2n) is 3.78. The molecule has 2 aromatic rings. The van der Waals surface area contributed by atoms with Crippen LogP contribution in [0.25, 0.3) is 0 Å². The summed E-state index contributed by atoms with van der Waals surface area (Å²) in [5.74, 6) is 0.419. The van der Waals surface area contributed by atoms with Crippen LogP contribution in [0, 0.1) is 10.6 Å². The highest BCUT2D eigenvalue weighted by molar-refractivity contribution is 7.71. The van der Waals surface area contributed by atoms with Gasteiger partial charge in [0.05, 0.1) is 5.71 Å². The normalized spacial score (nSPS) is 11.8. The zero-order valence-electron chi connectivity index (χ0n) is 10.1. The molecule has 0 radical (unpaired) electrons. The number of nitrogens with zero attached hydrogens (tertiary/aromatic N) is 3. The van der Waals surface area contributed by atoms with Crippen molar-refractivity contribution in [2.24, 2.45) is 5.10 Å². The summed E-state index contributed by atoms with van der Waals surface area (Å²) in [5, 5.41) is 11.0. The van der Waals surface area contributed by atoms with Gasteiger partial charge in [-0.3, -0.25) is 5.10 Å². The van der Waals surface area contributed by atoms with Crippen molar-refractivity contribution in [1.82, 2.24) is 14.9 Å². The first-order chi connectivity index (χ1) is 8.63. The maximum atomic E-state index is 13.6. The Labute approximate surface area is 109 Å². The zero-order chi connectivity index (χ0) is 13.1. The summed E-state index contributed by atoms with van der Waals surface area (Å²) in [6, 6.07) is 6.51. The third kappa shape index (κ3) is 2.38. The highest BCUT2D eigenvalue weighted by atomic mass is 32.1. The van der Waals surface area contributed by atoms with E-state index in [1.807, 2.05) is 6.92 Å². The van der Waals surface area contributed by atoms with Crippen LogP contribution in [0.2, 0.25) is 0 Å². The van der Waals surface area contributed by atoms with Gasteiger partial charge in [0.15, 0.2) is 5.82 Å². The molecule has 4 nitrogen and oxygen atoms in total. The molecule has 0 bridgehead atoms. The Kier molecular flexibility index (Phi) is 3.66. The number of benzene rings is 1. The second-order valence-corrected chi connectivity index (χ2v) is 4.16. The van der Waals surface area contributed by atoms with Crippen molar-refractivity contribution in [3.63, 3.8) is 0 Å². The minimum absolute atomic E-state index is 0.299. The van der Waals surface area contributed by atoms with Crippen LogP contribution in [0.4, 0.5) is 4.39 Å². The summed E-state index contributed by atoms with van der Waals surface area (Å²) < 4.78 is 15.5. The Bertz CT molecular complexity index is 642. The van der Waals surface area contributed by atoms with E-state index >= 15 is 0 Å². The number of halogens is 1. The molecule has 1 N–H and O–H groups in total. The van der Waals surface area contributed by atoms with Gasteiger partial charge in [-0.25, -0.2) is 4.39 Å². The molecule has 94 valence electrons. The van der Waals surface area contributed by atoms with Crippen LogP contribution in [-0.4, -0.2) is 20.6 Å². The molecule has 1 heterocycles. The number of rotatable bonds is 3. The highest BCUT2D eigenvalue weighted by Crippen LogP contribution is 2.09. The Balaban J connectivity index is 2.48. The van der Waals surface area contributed by atoms with Crippen molar-refractivity contribution in [1.29, 1.82) is 0 Å². The maximum Gasteiger partial charge on any atom is 0.216 e. The second kappa shape index (κ2) is 5.22. The third-order valence-corrected chi connectivity index (χ3v) is 2.81. The molecule has 0 aliphatic rings. The fraction of sp³-hybridized carbons (Fsp3) is 0.250. The van der Waals surface area contributed by atoms with E-state index < -0.39 is 0 Å². The molecule has 1 aromatic heterocycles. The van der Waals surface area contributed by atoms with E-state index in [4.69, 9.17) is 12.2 Å². The van der Waals surface area contributed by atoms with Crippen LogP contribution < -0.4 is 0 Å². The Morgan fingerprint density at radius 2 is 2.22 bits per heavy atom. The van der Waals surface area contributed by atoms with Crippen LogP contribution in [-0.2, 0) is 6.42 Å². The van der Waals surface area contributed by atoms with E-state index in [-0.39, 0.29) is 5.82 Å². The lowest BCUT2D eigenvalue weighted by Crippen LogP contribution is -2.04. The topological polar surface area (TPSA) is 46.0 Å². The van der Waals surface area contributed by atoms with Gasteiger partial charge in [0.25, 0.3) is 0 Å². The molecule has 6 heteroatoms. The van der Waals surface area contributed by atoms with Gasteiger partial charge < -0.3 is 0 Å². The van der Waals surface area contributed by atoms with E-state index in [1.165, 1.54) is 10.7 Å². The van der Waals surface area contributed by atoms with E-state index in [0.717, 1.165) is 5.82 Å². The lowest BCUT2D eigenvalue weighted by Gasteiger charge is -2.03. The molecule has 18 heavy (non-hydrogen) atoms. The molecule has 0 aliphatic carbocycles. The average molecular weight is 264 g/mol. The minimum atomic E-state index is -0.299. The highest BCUT2D eigenvalue weighted by Gasteiger charge is 2.07. The molecule has 0 aliphatic heterocycles. The van der Waals surface area contributed by atoms with E-state index in [0.29, 0.717) is 22.5 Å². The first-order valence-corrected chi connectivity index (χ1v) is 6.01. The molecule has 0 saturated carbocycles. The number of aromatic amines is 1. The SMILES string of the molecule is CCc1n[nH]c(=S)n1N=C(C)c1ccccc1F. The van der Waals surface area contributed by atoms with Gasteiger partial charge >= 0.3 is 0 Å². The predicted octanol–water partition coefficient (Wildman–Crippen LogP) is 2.91. The molecule has 0 atom stereocenters. The molecule has 0 amide bonds. The summed E-state index contributed by atoms with van der Waals surface area (Å²) in [5.41, 5.74) is 1.02. The van der Waals surface area contributed by atoms with E-state index in [1.54, 1.807) is 25.1 Å². The molecule has 0 spiro atoms. The van der Waals surface area contributed by atoms with Crippen molar-refractivity contribution < 1.29 is 4.39 Å². The molecule has 0 fully saturated rings. The zero-order valence-corrected chi connectivity index (χ0v) is 11.0. The van der Waals surface area contributed by atoms with Gasteiger partial charge in [0.1, 0.15) is 5.82 Å². The quantitative estimate of drug-likeness (QED) is 0.684. The predicted molar refractivity (Wildman–Crippen MR) is 70.8 cm³/mol. The molecule has 0 saturated heterocycles. The van der Waals surface area contributed by atoms with Crippen molar-refractivity contribution in [2.75, 3.05) is 0 Å². The van der Waals surface area contributed by atoms with Crippen molar-refractivity contribution in [2.45, 2.75) is 20.3 Å². The van der Waals surface area contributed by atoms with Crippen LogP contribution in [0.15, 0.2) is 29.4 Å². The third-order valence-electron chi connectivity index (χ3n) is 2.55. The average Bonchev–Trinajstić information content (AvgIpc) is 2.71. The minimum Gasteiger partial charge on any atom is -0.250 e. The van der Waals surface area contributed by atoms with Crippen LogP contribution in [0.1, 0.15) is 25.2 Å². The summed E-state index contributed by atoms with van der Waals surface area (Å²) in [4.78, 5) is 0.